The number of anilines is 1. The van der Waals surface area contributed by atoms with Crippen LogP contribution in [0.2, 0.25) is 0 Å². The second-order valence-electron chi connectivity index (χ2n) is 8.75. The molecule has 1 aromatic heterocycles. The highest BCUT2D eigenvalue weighted by molar-refractivity contribution is 6.02. The number of hydrogen-bond acceptors (Lipinski definition) is 4. The number of fused-ring (bicyclic) bond motifs is 3. The van der Waals surface area contributed by atoms with Crippen LogP contribution in [0.5, 0.6) is 0 Å². The molecule has 4 atom stereocenters. The summed E-state index contributed by atoms with van der Waals surface area (Å²) in [5.74, 6) is 0.993. The average Bonchev–Trinajstić information content (AvgIpc) is 3.19. The third-order valence-electron chi connectivity index (χ3n) is 7.00. The van der Waals surface area contributed by atoms with E-state index in [1.807, 2.05) is 36.4 Å². The van der Waals surface area contributed by atoms with Crippen molar-refractivity contribution in [2.45, 2.75) is 44.8 Å². The molecule has 3 aliphatic carbocycles. The maximum Gasteiger partial charge on any atom is 0.255 e. The third-order valence-corrected chi connectivity index (χ3v) is 7.00. The maximum absolute atomic E-state index is 13.0. The van der Waals surface area contributed by atoms with Gasteiger partial charge in [0.05, 0.1) is 18.4 Å². The predicted octanol–water partition coefficient (Wildman–Crippen LogP) is 3.27. The minimum Gasteiger partial charge on any atom is -0.467 e. The summed E-state index contributed by atoms with van der Waals surface area (Å²) in [6, 6.07) is 11.3. The lowest BCUT2D eigenvalue weighted by Crippen LogP contribution is -2.70. The molecule has 146 valence electrons. The Hall–Kier alpha value is -2.76. The molecule has 6 rings (SSSR count). The van der Waals surface area contributed by atoms with E-state index in [9.17, 15) is 9.59 Å². The fraction of sp³-hybridized carbons (Fsp3) is 0.455. The molecule has 3 unspecified atom stereocenters. The lowest BCUT2D eigenvalue weighted by molar-refractivity contribution is -0.139. The number of benzene rings is 1. The molecule has 6 heteroatoms. The Kier molecular flexibility index (Phi) is 3.79. The molecule has 1 spiro atoms. The van der Waals surface area contributed by atoms with Gasteiger partial charge in [-0.15, -0.1) is 0 Å². The lowest BCUT2D eigenvalue weighted by Gasteiger charge is -2.60. The average molecular weight is 379 g/mol. The number of hydrogen-bond donors (Lipinski definition) is 3. The molecule has 3 fully saturated rings. The number of carbonyl (C=O) groups excluding carboxylic acids is 2. The molecule has 6 nitrogen and oxygen atoms in total. The minimum atomic E-state index is -0.462. The Morgan fingerprint density at radius 3 is 2.89 bits per heavy atom. The van der Waals surface area contributed by atoms with Crippen molar-refractivity contribution in [1.82, 2.24) is 10.6 Å². The molecule has 0 saturated heterocycles. The van der Waals surface area contributed by atoms with Crippen molar-refractivity contribution in [3.05, 3.63) is 54.0 Å². The van der Waals surface area contributed by atoms with Crippen molar-refractivity contribution in [2.24, 2.45) is 17.3 Å². The van der Waals surface area contributed by atoms with Gasteiger partial charge in [0.15, 0.2) is 0 Å². The standard InChI is InChI=1S/C22H25N3O3/c1-21-9-8-14(11-17(21)20(27)23-12-15-5-4-10-28-15)22(13-21)24-18-7-3-2-6-16(18)19(26)25-22/h2-7,10,14,17,24H,8-9,11-13H2,1H3,(H,23,27)(H,25,26)/t14?,17?,21?,22-/m0/s1. The van der Waals surface area contributed by atoms with Gasteiger partial charge in [-0.05, 0) is 55.4 Å². The van der Waals surface area contributed by atoms with Gasteiger partial charge in [-0.2, -0.15) is 0 Å². The molecule has 2 amide bonds. The van der Waals surface area contributed by atoms with Crippen molar-refractivity contribution in [3.8, 4) is 0 Å². The SMILES string of the molecule is CC12CCC(CC1C(=O)NCc1ccco1)[C@]1(C2)NC(=O)c2ccccc2N1. The fourth-order valence-corrected chi connectivity index (χ4v) is 5.56. The second-order valence-corrected chi connectivity index (χ2v) is 8.75. The van der Waals surface area contributed by atoms with Gasteiger partial charge in [-0.1, -0.05) is 19.1 Å². The van der Waals surface area contributed by atoms with Crippen LogP contribution in [-0.2, 0) is 11.3 Å². The minimum absolute atomic E-state index is 0.0238. The Labute approximate surface area is 164 Å². The van der Waals surface area contributed by atoms with Crippen LogP contribution >= 0.6 is 0 Å². The highest BCUT2D eigenvalue weighted by atomic mass is 16.3. The summed E-state index contributed by atoms with van der Waals surface area (Å²) in [6.07, 6.45) is 5.15. The van der Waals surface area contributed by atoms with Crippen molar-refractivity contribution in [3.63, 3.8) is 0 Å². The summed E-state index contributed by atoms with van der Waals surface area (Å²) in [6.45, 7) is 2.60. The van der Waals surface area contributed by atoms with Crippen LogP contribution in [0.1, 0.15) is 48.7 Å². The first-order chi connectivity index (χ1) is 13.5. The van der Waals surface area contributed by atoms with E-state index in [-0.39, 0.29) is 29.1 Å². The Morgan fingerprint density at radius 2 is 2.11 bits per heavy atom. The summed E-state index contributed by atoms with van der Waals surface area (Å²) >= 11 is 0. The van der Waals surface area contributed by atoms with Crippen LogP contribution in [-0.4, -0.2) is 17.5 Å². The quantitative estimate of drug-likeness (QED) is 0.764. The highest BCUT2D eigenvalue weighted by Crippen LogP contribution is 2.58. The molecule has 2 heterocycles. The van der Waals surface area contributed by atoms with E-state index in [1.54, 1.807) is 6.26 Å². The van der Waals surface area contributed by atoms with Gasteiger partial charge < -0.3 is 20.4 Å². The zero-order valence-corrected chi connectivity index (χ0v) is 16.0. The van der Waals surface area contributed by atoms with Crippen LogP contribution in [0, 0.1) is 17.3 Å². The Balaban J connectivity index is 1.37. The molecule has 3 N–H and O–H groups in total. The first-order valence-corrected chi connectivity index (χ1v) is 9.99. The van der Waals surface area contributed by atoms with Gasteiger partial charge in [-0.3, -0.25) is 9.59 Å². The number of para-hydroxylation sites is 1. The summed E-state index contributed by atoms with van der Waals surface area (Å²) in [7, 11) is 0. The van der Waals surface area contributed by atoms with E-state index < -0.39 is 5.66 Å². The van der Waals surface area contributed by atoms with Crippen LogP contribution in [0.3, 0.4) is 0 Å². The van der Waals surface area contributed by atoms with Crippen LogP contribution in [0.15, 0.2) is 47.1 Å². The molecule has 0 radical (unpaired) electrons. The van der Waals surface area contributed by atoms with Crippen molar-refractivity contribution in [2.75, 3.05) is 5.32 Å². The third kappa shape index (κ3) is 2.62. The van der Waals surface area contributed by atoms with Gasteiger partial charge in [0, 0.05) is 17.5 Å². The number of nitrogens with one attached hydrogen (secondary N) is 3. The molecule has 1 aliphatic heterocycles. The molecule has 2 aromatic rings. The smallest absolute Gasteiger partial charge is 0.255 e. The fourth-order valence-electron chi connectivity index (χ4n) is 5.56. The topological polar surface area (TPSA) is 83.4 Å². The molecule has 2 bridgehead atoms. The van der Waals surface area contributed by atoms with Crippen molar-refractivity contribution < 1.29 is 14.0 Å². The number of carbonyl (C=O) groups is 2. The summed E-state index contributed by atoms with van der Waals surface area (Å²) in [5.41, 5.74) is 0.957. The first-order valence-electron chi connectivity index (χ1n) is 9.99. The second kappa shape index (κ2) is 6.12. The maximum atomic E-state index is 13.0. The van der Waals surface area contributed by atoms with E-state index in [0.717, 1.165) is 37.1 Å². The van der Waals surface area contributed by atoms with Gasteiger partial charge in [0.1, 0.15) is 11.4 Å². The number of amides is 2. The molecule has 3 saturated carbocycles. The van der Waals surface area contributed by atoms with Crippen LogP contribution in [0.4, 0.5) is 5.69 Å². The zero-order valence-electron chi connectivity index (χ0n) is 16.0. The van der Waals surface area contributed by atoms with Gasteiger partial charge in [0.25, 0.3) is 5.91 Å². The molecular weight excluding hydrogens is 354 g/mol. The van der Waals surface area contributed by atoms with E-state index in [2.05, 4.69) is 22.9 Å². The Bertz CT molecular complexity index is 925. The molecule has 4 aliphatic rings. The summed E-state index contributed by atoms with van der Waals surface area (Å²) in [5, 5.41) is 9.94. The van der Waals surface area contributed by atoms with E-state index in [4.69, 9.17) is 4.42 Å². The highest BCUT2D eigenvalue weighted by Gasteiger charge is 2.60. The van der Waals surface area contributed by atoms with E-state index in [0.29, 0.717) is 12.1 Å². The number of rotatable bonds is 3. The van der Waals surface area contributed by atoms with Crippen molar-refractivity contribution in [1.29, 1.82) is 0 Å². The van der Waals surface area contributed by atoms with Crippen LogP contribution in [0.25, 0.3) is 0 Å². The van der Waals surface area contributed by atoms with Gasteiger partial charge in [0.2, 0.25) is 5.91 Å². The molecule has 1 aromatic carbocycles. The van der Waals surface area contributed by atoms with Crippen molar-refractivity contribution >= 4 is 17.5 Å². The lowest BCUT2D eigenvalue weighted by atomic mass is 9.51. The first kappa shape index (κ1) is 17.3. The van der Waals surface area contributed by atoms with E-state index in [1.165, 1.54) is 0 Å². The van der Waals surface area contributed by atoms with Crippen LogP contribution < -0.4 is 16.0 Å². The largest absolute Gasteiger partial charge is 0.467 e. The Morgan fingerprint density at radius 1 is 1.25 bits per heavy atom. The summed E-state index contributed by atoms with van der Waals surface area (Å²) < 4.78 is 5.32. The normalized spacial score (nSPS) is 33.1. The monoisotopic (exact) mass is 379 g/mol. The predicted molar refractivity (Wildman–Crippen MR) is 104 cm³/mol. The zero-order chi connectivity index (χ0) is 19.4. The van der Waals surface area contributed by atoms with Gasteiger partial charge in [-0.25, -0.2) is 0 Å². The summed E-state index contributed by atoms with van der Waals surface area (Å²) in [4.78, 5) is 25.7. The molecular formula is C22H25N3O3. The van der Waals surface area contributed by atoms with Gasteiger partial charge >= 0.3 is 0 Å². The molecule has 28 heavy (non-hydrogen) atoms. The van der Waals surface area contributed by atoms with E-state index >= 15 is 0 Å². The number of furan rings is 1.